The molecule has 0 spiro atoms. The predicted molar refractivity (Wildman–Crippen MR) is 93.5 cm³/mol. The molecule has 4 rings (SSSR count). The van der Waals surface area contributed by atoms with E-state index in [-0.39, 0.29) is 17.0 Å². The quantitative estimate of drug-likeness (QED) is 0.773. The average molecular weight is 361 g/mol. The highest BCUT2D eigenvalue weighted by atomic mass is 32.2. The Morgan fingerprint density at radius 2 is 2.21 bits per heavy atom. The van der Waals surface area contributed by atoms with Crippen LogP contribution in [0, 0.1) is 0 Å². The number of hydrogen-bond acceptors (Lipinski definition) is 6. The maximum atomic E-state index is 12.9. The third kappa shape index (κ3) is 2.61. The molecular formula is C16H15N3O3S2. The van der Waals surface area contributed by atoms with Gasteiger partial charge >= 0.3 is 0 Å². The van der Waals surface area contributed by atoms with Crippen LogP contribution in [0.1, 0.15) is 17.7 Å². The van der Waals surface area contributed by atoms with Gasteiger partial charge in [0.05, 0.1) is 16.3 Å². The lowest BCUT2D eigenvalue weighted by molar-refractivity contribution is 0.592. The highest BCUT2D eigenvalue weighted by Crippen LogP contribution is 2.30. The van der Waals surface area contributed by atoms with Crippen molar-refractivity contribution >= 4 is 31.8 Å². The second-order valence-corrected chi connectivity index (χ2v) is 8.54. The number of nitrogens with one attached hydrogen (secondary N) is 1. The van der Waals surface area contributed by atoms with E-state index < -0.39 is 9.84 Å². The molecule has 124 valence electrons. The molecule has 2 aromatic heterocycles. The molecule has 3 aromatic rings. The van der Waals surface area contributed by atoms with Crippen LogP contribution in [0.2, 0.25) is 0 Å². The van der Waals surface area contributed by atoms with E-state index in [0.717, 1.165) is 30.6 Å². The van der Waals surface area contributed by atoms with Crippen LogP contribution in [-0.2, 0) is 22.0 Å². The minimum atomic E-state index is -3.57. The van der Waals surface area contributed by atoms with Gasteiger partial charge in [-0.15, -0.1) is 11.3 Å². The molecule has 0 aliphatic carbocycles. The van der Waals surface area contributed by atoms with E-state index in [4.69, 9.17) is 0 Å². The smallest absolute Gasteiger partial charge is 0.258 e. The first kappa shape index (κ1) is 15.3. The van der Waals surface area contributed by atoms with E-state index in [1.807, 2.05) is 6.07 Å². The van der Waals surface area contributed by atoms with Crippen molar-refractivity contribution in [3.8, 4) is 0 Å². The molecule has 0 saturated heterocycles. The SMILES string of the molecule is O=c1cc(CS(=O)(=O)c2cccc3c2CCCN3)nc2sccn12. The molecule has 0 radical (unpaired) electrons. The zero-order valence-corrected chi connectivity index (χ0v) is 14.4. The Morgan fingerprint density at radius 3 is 3.08 bits per heavy atom. The van der Waals surface area contributed by atoms with Gasteiger partial charge in [0.1, 0.15) is 0 Å². The van der Waals surface area contributed by atoms with Crippen LogP contribution in [0.4, 0.5) is 5.69 Å². The largest absolute Gasteiger partial charge is 0.385 e. The third-order valence-corrected chi connectivity index (χ3v) is 6.57. The number of rotatable bonds is 3. The van der Waals surface area contributed by atoms with Crippen LogP contribution in [0.25, 0.3) is 4.96 Å². The summed E-state index contributed by atoms with van der Waals surface area (Å²) in [5.41, 5.74) is 1.73. The fraction of sp³-hybridized carbons (Fsp3) is 0.250. The van der Waals surface area contributed by atoms with Gasteiger partial charge in [0, 0.05) is 29.9 Å². The van der Waals surface area contributed by atoms with Crippen molar-refractivity contribution in [1.29, 1.82) is 0 Å². The number of aromatic nitrogens is 2. The van der Waals surface area contributed by atoms with Crippen molar-refractivity contribution in [1.82, 2.24) is 9.38 Å². The maximum Gasteiger partial charge on any atom is 0.258 e. The van der Waals surface area contributed by atoms with E-state index in [1.54, 1.807) is 23.7 Å². The molecule has 1 aliphatic rings. The minimum absolute atomic E-state index is 0.261. The fourth-order valence-corrected chi connectivity index (χ4v) is 5.31. The van der Waals surface area contributed by atoms with Crippen molar-refractivity contribution in [2.75, 3.05) is 11.9 Å². The van der Waals surface area contributed by atoms with Crippen LogP contribution < -0.4 is 10.9 Å². The molecule has 1 aromatic carbocycles. The number of sulfone groups is 1. The van der Waals surface area contributed by atoms with Gasteiger partial charge in [-0.2, -0.15) is 0 Å². The molecule has 0 bridgehead atoms. The van der Waals surface area contributed by atoms with Gasteiger partial charge in [-0.3, -0.25) is 9.20 Å². The van der Waals surface area contributed by atoms with Gasteiger partial charge in [0.25, 0.3) is 5.56 Å². The number of anilines is 1. The first-order valence-corrected chi connectivity index (χ1v) is 10.1. The summed E-state index contributed by atoms with van der Waals surface area (Å²) in [6.45, 7) is 0.851. The summed E-state index contributed by atoms with van der Waals surface area (Å²) >= 11 is 1.31. The van der Waals surface area contributed by atoms with E-state index in [1.165, 1.54) is 21.8 Å². The molecular weight excluding hydrogens is 346 g/mol. The van der Waals surface area contributed by atoms with Gasteiger partial charge in [0.2, 0.25) is 0 Å². The normalized spacial score (nSPS) is 14.3. The lowest BCUT2D eigenvalue weighted by Gasteiger charge is -2.20. The summed E-state index contributed by atoms with van der Waals surface area (Å²) < 4.78 is 27.2. The number of nitrogens with zero attached hydrogens (tertiary/aromatic N) is 2. The standard InChI is InChI=1S/C16H15N3O3S2/c20-15-9-11(18-16-19(15)7-8-23-16)10-24(21,22)14-5-1-4-13-12(14)3-2-6-17-13/h1,4-5,7-9,17H,2-3,6,10H2. The summed E-state index contributed by atoms with van der Waals surface area (Å²) in [5, 5.41) is 4.99. The Balaban J connectivity index is 1.77. The first-order valence-electron chi connectivity index (χ1n) is 7.59. The monoisotopic (exact) mass is 361 g/mol. The Morgan fingerprint density at radius 1 is 1.33 bits per heavy atom. The summed E-state index contributed by atoms with van der Waals surface area (Å²) in [6, 6.07) is 6.58. The van der Waals surface area contributed by atoms with Gasteiger partial charge in [-0.25, -0.2) is 13.4 Å². The molecule has 0 saturated carbocycles. The molecule has 3 heterocycles. The van der Waals surface area contributed by atoms with E-state index in [9.17, 15) is 13.2 Å². The predicted octanol–water partition coefficient (Wildman–Crippen LogP) is 2.09. The van der Waals surface area contributed by atoms with Crippen molar-refractivity contribution in [2.45, 2.75) is 23.5 Å². The van der Waals surface area contributed by atoms with Crippen LogP contribution in [0.15, 0.2) is 45.5 Å². The second kappa shape index (κ2) is 5.71. The number of thiazole rings is 1. The summed E-state index contributed by atoms with van der Waals surface area (Å²) in [7, 11) is -3.57. The van der Waals surface area contributed by atoms with Gasteiger partial charge in [-0.1, -0.05) is 6.07 Å². The molecule has 0 unspecified atom stereocenters. The number of hydrogen-bond donors (Lipinski definition) is 1. The van der Waals surface area contributed by atoms with Crippen LogP contribution in [-0.4, -0.2) is 24.3 Å². The van der Waals surface area contributed by atoms with Gasteiger partial charge < -0.3 is 5.32 Å². The Kier molecular flexibility index (Phi) is 3.65. The van der Waals surface area contributed by atoms with Crippen molar-refractivity contribution in [2.24, 2.45) is 0 Å². The zero-order chi connectivity index (χ0) is 16.7. The Bertz CT molecular complexity index is 1080. The van der Waals surface area contributed by atoms with Crippen molar-refractivity contribution in [3.05, 3.63) is 57.5 Å². The average Bonchev–Trinajstić information content (AvgIpc) is 3.03. The molecule has 1 aliphatic heterocycles. The molecule has 1 N–H and O–H groups in total. The molecule has 0 fully saturated rings. The Labute approximate surface area is 142 Å². The van der Waals surface area contributed by atoms with E-state index in [0.29, 0.717) is 9.86 Å². The van der Waals surface area contributed by atoms with Crippen LogP contribution in [0.5, 0.6) is 0 Å². The lowest BCUT2D eigenvalue weighted by Crippen LogP contribution is -2.18. The summed E-state index contributed by atoms with van der Waals surface area (Å²) in [5.74, 6) is -0.271. The topological polar surface area (TPSA) is 80.5 Å². The summed E-state index contributed by atoms with van der Waals surface area (Å²) in [6.07, 6.45) is 3.27. The van der Waals surface area contributed by atoms with Crippen LogP contribution >= 0.6 is 11.3 Å². The van der Waals surface area contributed by atoms with Crippen molar-refractivity contribution in [3.63, 3.8) is 0 Å². The minimum Gasteiger partial charge on any atom is -0.385 e. The molecule has 0 amide bonds. The molecule has 0 atom stereocenters. The fourth-order valence-electron chi connectivity index (χ4n) is 3.00. The van der Waals surface area contributed by atoms with Crippen molar-refractivity contribution < 1.29 is 8.42 Å². The maximum absolute atomic E-state index is 12.9. The zero-order valence-electron chi connectivity index (χ0n) is 12.7. The molecule has 8 heteroatoms. The van der Waals surface area contributed by atoms with E-state index >= 15 is 0 Å². The number of fused-ring (bicyclic) bond motifs is 2. The van der Waals surface area contributed by atoms with Gasteiger partial charge in [-0.05, 0) is 30.5 Å². The molecule has 24 heavy (non-hydrogen) atoms. The highest BCUT2D eigenvalue weighted by Gasteiger charge is 2.23. The lowest BCUT2D eigenvalue weighted by atomic mass is 10.0. The number of benzene rings is 1. The first-order chi connectivity index (χ1) is 11.5. The van der Waals surface area contributed by atoms with Gasteiger partial charge in [0.15, 0.2) is 14.8 Å². The third-order valence-electron chi connectivity index (χ3n) is 4.08. The molecule has 6 nitrogen and oxygen atoms in total. The van der Waals surface area contributed by atoms with E-state index in [2.05, 4.69) is 10.3 Å². The Hall–Kier alpha value is -2.19. The van der Waals surface area contributed by atoms with Crippen LogP contribution in [0.3, 0.4) is 0 Å². The summed E-state index contributed by atoms with van der Waals surface area (Å²) in [4.78, 5) is 17.2. The second-order valence-electron chi connectivity index (χ2n) is 5.71. The highest BCUT2D eigenvalue weighted by molar-refractivity contribution is 7.90.